The largest absolute Gasteiger partial charge is 0.326 e. The van der Waals surface area contributed by atoms with E-state index in [1.54, 1.807) is 12.1 Å². The molecule has 0 saturated heterocycles. The summed E-state index contributed by atoms with van der Waals surface area (Å²) in [5, 5.41) is 2.77. The summed E-state index contributed by atoms with van der Waals surface area (Å²) >= 11 is 0. The van der Waals surface area contributed by atoms with Crippen molar-refractivity contribution in [1.82, 2.24) is 4.72 Å². The Morgan fingerprint density at radius 2 is 1.88 bits per heavy atom. The van der Waals surface area contributed by atoms with Gasteiger partial charge in [0, 0.05) is 18.7 Å². The fourth-order valence-corrected chi connectivity index (χ4v) is 4.18. The Morgan fingerprint density at radius 1 is 1.12 bits per heavy atom. The lowest BCUT2D eigenvalue weighted by atomic mass is 9.97. The van der Waals surface area contributed by atoms with Gasteiger partial charge in [-0.15, -0.1) is 0 Å². The minimum Gasteiger partial charge on any atom is -0.326 e. The van der Waals surface area contributed by atoms with Gasteiger partial charge in [0.05, 0.1) is 4.90 Å². The van der Waals surface area contributed by atoms with Crippen molar-refractivity contribution in [3.63, 3.8) is 0 Å². The van der Waals surface area contributed by atoms with Crippen molar-refractivity contribution in [2.45, 2.75) is 37.0 Å². The second-order valence-corrected chi connectivity index (χ2v) is 8.00. The van der Waals surface area contributed by atoms with Gasteiger partial charge in [0.15, 0.2) is 0 Å². The van der Waals surface area contributed by atoms with Crippen molar-refractivity contribution in [3.05, 3.63) is 59.7 Å². The highest BCUT2D eigenvalue weighted by atomic mass is 32.2. The van der Waals surface area contributed by atoms with Crippen LogP contribution in [0.4, 0.5) is 5.69 Å². The molecule has 3 rings (SSSR count). The quantitative estimate of drug-likeness (QED) is 0.833. The fraction of sp³-hybridized carbons (Fsp3) is 0.316. The average molecular weight is 358 g/mol. The predicted molar refractivity (Wildman–Crippen MR) is 98.1 cm³/mol. The molecular weight excluding hydrogens is 336 g/mol. The van der Waals surface area contributed by atoms with Crippen molar-refractivity contribution < 1.29 is 13.2 Å². The van der Waals surface area contributed by atoms with Crippen LogP contribution in [0.5, 0.6) is 0 Å². The van der Waals surface area contributed by atoms with E-state index in [0.29, 0.717) is 25.1 Å². The van der Waals surface area contributed by atoms with E-state index in [0.717, 1.165) is 17.5 Å². The summed E-state index contributed by atoms with van der Waals surface area (Å²) in [6.45, 7) is 2.41. The van der Waals surface area contributed by atoms with E-state index >= 15 is 0 Å². The number of carbonyl (C=O) groups excluding carboxylic acids is 1. The Kier molecular flexibility index (Phi) is 5.20. The molecule has 0 radical (unpaired) electrons. The number of hydrogen-bond acceptors (Lipinski definition) is 3. The summed E-state index contributed by atoms with van der Waals surface area (Å²) in [7, 11) is -3.58. The van der Waals surface area contributed by atoms with Gasteiger partial charge < -0.3 is 5.32 Å². The van der Waals surface area contributed by atoms with E-state index in [1.807, 2.05) is 37.3 Å². The number of fused-ring (bicyclic) bond motifs is 1. The van der Waals surface area contributed by atoms with Crippen LogP contribution >= 0.6 is 0 Å². The number of rotatable bonds is 6. The topological polar surface area (TPSA) is 75.3 Å². The fourth-order valence-electron chi connectivity index (χ4n) is 3.04. The highest BCUT2D eigenvalue weighted by Gasteiger charge is 2.21. The monoisotopic (exact) mass is 358 g/mol. The zero-order chi connectivity index (χ0) is 17.9. The van der Waals surface area contributed by atoms with Gasteiger partial charge in [0.25, 0.3) is 0 Å². The van der Waals surface area contributed by atoms with Crippen molar-refractivity contribution in [3.8, 4) is 0 Å². The first-order valence-electron chi connectivity index (χ1n) is 8.47. The van der Waals surface area contributed by atoms with Gasteiger partial charge in [0.1, 0.15) is 0 Å². The zero-order valence-electron chi connectivity index (χ0n) is 14.2. The standard InChI is InChI=1S/C19H22N2O3S/c1-2-14(15-6-4-3-5-7-15)13-20-25(23,24)17-9-10-18-16(12-17)8-11-19(22)21-18/h3-7,9-10,12,14,20H,2,8,11,13H2,1H3,(H,21,22). The Hall–Kier alpha value is -2.18. The molecule has 1 aliphatic rings. The molecule has 1 atom stereocenters. The van der Waals surface area contributed by atoms with Crippen LogP contribution in [0.1, 0.15) is 36.8 Å². The number of carbonyl (C=O) groups is 1. The molecule has 132 valence electrons. The number of sulfonamides is 1. The third-order valence-corrected chi connectivity index (χ3v) is 5.99. The highest BCUT2D eigenvalue weighted by Crippen LogP contribution is 2.26. The van der Waals surface area contributed by atoms with E-state index < -0.39 is 10.0 Å². The average Bonchev–Trinajstić information content (AvgIpc) is 2.62. The maximum absolute atomic E-state index is 12.6. The lowest BCUT2D eigenvalue weighted by Crippen LogP contribution is -2.29. The first kappa shape index (κ1) is 17.6. The molecule has 1 amide bonds. The van der Waals surface area contributed by atoms with Crippen LogP contribution in [0, 0.1) is 0 Å². The van der Waals surface area contributed by atoms with Gasteiger partial charge in [-0.05, 0) is 48.1 Å². The van der Waals surface area contributed by atoms with Gasteiger partial charge >= 0.3 is 0 Å². The molecule has 5 nitrogen and oxygen atoms in total. The van der Waals surface area contributed by atoms with Crippen LogP contribution in [-0.2, 0) is 21.2 Å². The number of aryl methyl sites for hydroxylation is 1. The normalized spacial score (nSPS) is 15.3. The molecule has 0 aliphatic carbocycles. The second kappa shape index (κ2) is 7.37. The van der Waals surface area contributed by atoms with E-state index in [2.05, 4.69) is 10.0 Å². The zero-order valence-corrected chi connectivity index (χ0v) is 15.0. The summed E-state index contributed by atoms with van der Waals surface area (Å²) in [4.78, 5) is 11.7. The molecule has 25 heavy (non-hydrogen) atoms. The summed E-state index contributed by atoms with van der Waals surface area (Å²) in [5.41, 5.74) is 2.68. The van der Waals surface area contributed by atoms with E-state index in [1.165, 1.54) is 6.07 Å². The molecule has 1 unspecified atom stereocenters. The first-order chi connectivity index (χ1) is 12.0. The summed E-state index contributed by atoms with van der Waals surface area (Å²) in [5.74, 6) is 0.0998. The number of anilines is 1. The lowest BCUT2D eigenvalue weighted by molar-refractivity contribution is -0.116. The molecule has 2 N–H and O–H groups in total. The molecule has 0 bridgehead atoms. The maximum Gasteiger partial charge on any atom is 0.240 e. The minimum atomic E-state index is -3.58. The van der Waals surface area contributed by atoms with Gasteiger partial charge in [-0.3, -0.25) is 4.79 Å². The molecule has 1 heterocycles. The van der Waals surface area contributed by atoms with Gasteiger partial charge in [-0.1, -0.05) is 37.3 Å². The summed E-state index contributed by atoms with van der Waals surface area (Å²) in [6, 6.07) is 14.8. The minimum absolute atomic E-state index is 0.0325. The molecule has 0 spiro atoms. The Labute approximate surface area is 148 Å². The molecule has 0 saturated carbocycles. The summed E-state index contributed by atoms with van der Waals surface area (Å²) in [6.07, 6.45) is 1.80. The Bertz CT molecular complexity index is 863. The second-order valence-electron chi connectivity index (χ2n) is 6.23. The van der Waals surface area contributed by atoms with E-state index in [-0.39, 0.29) is 16.7 Å². The predicted octanol–water partition coefficient (Wildman–Crippen LogP) is 3.04. The number of hydrogen-bond donors (Lipinski definition) is 2. The Morgan fingerprint density at radius 3 is 2.60 bits per heavy atom. The van der Waals surface area contributed by atoms with Crippen molar-refractivity contribution in [2.24, 2.45) is 0 Å². The number of amides is 1. The SMILES string of the molecule is CCC(CNS(=O)(=O)c1ccc2c(c1)CCC(=O)N2)c1ccccc1. The third kappa shape index (κ3) is 4.08. The third-order valence-electron chi connectivity index (χ3n) is 4.57. The molecule has 0 aromatic heterocycles. The highest BCUT2D eigenvalue weighted by molar-refractivity contribution is 7.89. The van der Waals surface area contributed by atoms with Gasteiger partial charge in [-0.2, -0.15) is 0 Å². The first-order valence-corrected chi connectivity index (χ1v) is 9.95. The van der Waals surface area contributed by atoms with E-state index in [9.17, 15) is 13.2 Å². The molecule has 1 aliphatic heterocycles. The molecule has 6 heteroatoms. The Balaban J connectivity index is 1.75. The summed E-state index contributed by atoms with van der Waals surface area (Å²) < 4.78 is 28.0. The smallest absolute Gasteiger partial charge is 0.240 e. The molecule has 2 aromatic carbocycles. The van der Waals surface area contributed by atoms with Crippen LogP contribution in [0.2, 0.25) is 0 Å². The number of benzene rings is 2. The molecule has 2 aromatic rings. The van der Waals surface area contributed by atoms with Crippen LogP contribution in [0.15, 0.2) is 53.4 Å². The van der Waals surface area contributed by atoms with Crippen LogP contribution in [-0.4, -0.2) is 20.9 Å². The molecule has 0 fully saturated rings. The van der Waals surface area contributed by atoms with Crippen molar-refractivity contribution >= 4 is 21.6 Å². The van der Waals surface area contributed by atoms with Crippen LogP contribution in [0.25, 0.3) is 0 Å². The number of nitrogens with one attached hydrogen (secondary N) is 2. The van der Waals surface area contributed by atoms with Gasteiger partial charge in [-0.25, -0.2) is 13.1 Å². The van der Waals surface area contributed by atoms with E-state index in [4.69, 9.17) is 0 Å². The van der Waals surface area contributed by atoms with Crippen molar-refractivity contribution in [1.29, 1.82) is 0 Å². The van der Waals surface area contributed by atoms with Crippen molar-refractivity contribution in [2.75, 3.05) is 11.9 Å². The van der Waals surface area contributed by atoms with Gasteiger partial charge in [0.2, 0.25) is 15.9 Å². The molecular formula is C19H22N2O3S. The van der Waals surface area contributed by atoms with Crippen LogP contribution < -0.4 is 10.0 Å². The van der Waals surface area contributed by atoms with Crippen LogP contribution in [0.3, 0.4) is 0 Å². The lowest BCUT2D eigenvalue weighted by Gasteiger charge is -2.19. The maximum atomic E-state index is 12.6.